The molecule has 0 radical (unpaired) electrons. The van der Waals surface area contributed by atoms with E-state index < -0.39 is 0 Å². The van der Waals surface area contributed by atoms with Crippen LogP contribution in [0.15, 0.2) is 12.2 Å². The Bertz CT molecular complexity index is 137. The Kier molecular flexibility index (Phi) is 24.7. The number of nitrogens with two attached hydrogens (primary N) is 1. The Morgan fingerprint density at radius 1 is 1.60 bits per heavy atom. The third-order valence-corrected chi connectivity index (χ3v) is 1.20. The molecule has 0 bridgehead atoms. The van der Waals surface area contributed by atoms with Gasteiger partial charge in [-0.05, 0) is 26.8 Å². The molecule has 4 heteroatoms. The van der Waals surface area contributed by atoms with Gasteiger partial charge in [-0.15, -0.1) is 0 Å². The largest absolute Gasteiger partial charge is 0.483 e. The molecule has 0 saturated carbocycles. The van der Waals surface area contributed by atoms with E-state index in [-0.39, 0.29) is 6.47 Å². The predicted octanol–water partition coefficient (Wildman–Crippen LogP) is 1.62. The fourth-order valence-electron chi connectivity index (χ4n) is 0.632. The van der Waals surface area contributed by atoms with Crippen LogP contribution < -0.4 is 11.1 Å². The first-order valence-electron chi connectivity index (χ1n) is 5.23. The van der Waals surface area contributed by atoms with Crippen molar-refractivity contribution in [1.82, 2.24) is 5.32 Å². The van der Waals surface area contributed by atoms with Crippen molar-refractivity contribution in [1.29, 1.82) is 0 Å². The highest BCUT2D eigenvalue weighted by atomic mass is 16.3. The molecule has 0 aliphatic rings. The van der Waals surface area contributed by atoms with E-state index in [2.05, 4.69) is 11.9 Å². The molecule has 15 heavy (non-hydrogen) atoms. The van der Waals surface area contributed by atoms with Gasteiger partial charge in [-0.3, -0.25) is 4.79 Å². The number of carbonyl (C=O) groups is 1. The number of carboxylic acid groups (broad SMARTS) is 1. The molecule has 0 aromatic carbocycles. The van der Waals surface area contributed by atoms with Crippen molar-refractivity contribution in [2.45, 2.75) is 40.2 Å². The third kappa shape index (κ3) is 43.3. The smallest absolute Gasteiger partial charge is 0.290 e. The van der Waals surface area contributed by atoms with Gasteiger partial charge in [0.2, 0.25) is 0 Å². The monoisotopic (exact) mass is 218 g/mol. The molecule has 4 nitrogen and oxygen atoms in total. The van der Waals surface area contributed by atoms with Crippen LogP contribution in [0.25, 0.3) is 0 Å². The molecule has 0 rings (SSSR count). The van der Waals surface area contributed by atoms with Crippen LogP contribution in [0.5, 0.6) is 0 Å². The van der Waals surface area contributed by atoms with E-state index in [0.29, 0.717) is 6.04 Å². The topological polar surface area (TPSA) is 75.3 Å². The second-order valence-corrected chi connectivity index (χ2v) is 3.01. The van der Waals surface area contributed by atoms with E-state index in [1.807, 2.05) is 27.7 Å². The van der Waals surface area contributed by atoms with Gasteiger partial charge in [-0.25, -0.2) is 0 Å². The van der Waals surface area contributed by atoms with Crippen molar-refractivity contribution < 1.29 is 9.90 Å². The molecule has 0 aliphatic heterocycles. The lowest BCUT2D eigenvalue weighted by Crippen LogP contribution is -2.24. The number of nitrogens with one attached hydrogen (secondary N) is 1. The van der Waals surface area contributed by atoms with Crippen molar-refractivity contribution >= 4 is 6.47 Å². The molecule has 1 unspecified atom stereocenters. The summed E-state index contributed by atoms with van der Waals surface area (Å²) in [5, 5.41) is 10.1. The Hall–Kier alpha value is -0.870. The van der Waals surface area contributed by atoms with E-state index in [4.69, 9.17) is 15.6 Å². The van der Waals surface area contributed by atoms with Crippen molar-refractivity contribution in [2.75, 3.05) is 13.1 Å². The molecule has 0 heterocycles. The molecule has 0 spiro atoms. The lowest BCUT2D eigenvalue weighted by molar-refractivity contribution is -0.122. The van der Waals surface area contributed by atoms with Gasteiger partial charge in [0, 0.05) is 12.6 Å². The fourth-order valence-corrected chi connectivity index (χ4v) is 0.632. The fraction of sp³-hybridized carbons (Fsp3) is 0.727. The quantitative estimate of drug-likeness (QED) is 0.372. The van der Waals surface area contributed by atoms with E-state index in [1.165, 1.54) is 5.57 Å². The zero-order valence-corrected chi connectivity index (χ0v) is 10.4. The van der Waals surface area contributed by atoms with Crippen molar-refractivity contribution in [3.63, 3.8) is 0 Å². The van der Waals surface area contributed by atoms with Crippen LogP contribution in [0, 0.1) is 0 Å². The zero-order valence-electron chi connectivity index (χ0n) is 10.4. The highest BCUT2D eigenvalue weighted by molar-refractivity contribution is 5.32. The average molecular weight is 218 g/mol. The molecule has 0 aromatic heterocycles. The summed E-state index contributed by atoms with van der Waals surface area (Å²) in [4.78, 5) is 8.36. The molecule has 1 atom stereocenters. The first kappa shape index (κ1) is 19.7. The summed E-state index contributed by atoms with van der Waals surface area (Å²) in [5.74, 6) is 0. The van der Waals surface area contributed by atoms with Gasteiger partial charge in [-0.2, -0.15) is 0 Å². The Labute approximate surface area is 93.6 Å². The third-order valence-electron chi connectivity index (χ3n) is 1.20. The van der Waals surface area contributed by atoms with Crippen LogP contribution in [0.2, 0.25) is 0 Å². The van der Waals surface area contributed by atoms with Gasteiger partial charge in [-0.1, -0.05) is 26.0 Å². The molecular weight excluding hydrogens is 192 g/mol. The lowest BCUT2D eigenvalue weighted by atomic mass is 10.2. The summed E-state index contributed by atoms with van der Waals surface area (Å²) in [6.07, 6.45) is 1.04. The normalized spacial score (nSPS) is 9.93. The summed E-state index contributed by atoms with van der Waals surface area (Å²) in [6, 6.07) is 0.303. The zero-order chi connectivity index (χ0) is 12.7. The summed E-state index contributed by atoms with van der Waals surface area (Å²) in [7, 11) is 0. The minimum absolute atomic E-state index is 0.250. The predicted molar refractivity (Wildman–Crippen MR) is 66.0 cm³/mol. The van der Waals surface area contributed by atoms with E-state index in [9.17, 15) is 0 Å². The van der Waals surface area contributed by atoms with Gasteiger partial charge in [0.05, 0.1) is 0 Å². The van der Waals surface area contributed by atoms with Gasteiger partial charge in [0.25, 0.3) is 6.47 Å². The Balaban J connectivity index is -0.000000245. The Morgan fingerprint density at radius 2 is 2.00 bits per heavy atom. The summed E-state index contributed by atoms with van der Waals surface area (Å²) >= 11 is 0. The van der Waals surface area contributed by atoms with Crippen LogP contribution in [0.1, 0.15) is 34.1 Å². The lowest BCUT2D eigenvalue weighted by Gasteiger charge is -2.05. The van der Waals surface area contributed by atoms with Crippen molar-refractivity contribution in [3.8, 4) is 0 Å². The minimum Gasteiger partial charge on any atom is -0.483 e. The van der Waals surface area contributed by atoms with Crippen LogP contribution in [0.4, 0.5) is 0 Å². The standard InChI is InChI=1S/C8H18N2.C2H6.CH2O2/c1-7(2)6-10-5-4-8(3)9;1-2;2-1-3/h8,10H,1,4-6,9H2,2-3H3;1-2H3;1H,(H,2,3). The number of rotatable bonds is 5. The molecule has 92 valence electrons. The van der Waals surface area contributed by atoms with Gasteiger partial charge in [0.1, 0.15) is 0 Å². The van der Waals surface area contributed by atoms with Crippen molar-refractivity contribution in [2.24, 2.45) is 5.73 Å². The second-order valence-electron chi connectivity index (χ2n) is 3.01. The van der Waals surface area contributed by atoms with Crippen LogP contribution in [-0.4, -0.2) is 30.7 Å². The first-order chi connectivity index (χ1) is 7.04. The summed E-state index contributed by atoms with van der Waals surface area (Å²) in [6.45, 7) is 13.5. The van der Waals surface area contributed by atoms with Gasteiger partial charge in [0.15, 0.2) is 0 Å². The first-order valence-corrected chi connectivity index (χ1v) is 5.23. The maximum Gasteiger partial charge on any atom is 0.290 e. The van der Waals surface area contributed by atoms with Crippen LogP contribution in [-0.2, 0) is 4.79 Å². The minimum atomic E-state index is -0.250. The molecular formula is C11H26N2O2. The SMILES string of the molecule is C=C(C)CNCCC(C)N.CC.O=CO. The molecule has 0 saturated heterocycles. The molecule has 0 aromatic rings. The summed E-state index contributed by atoms with van der Waals surface area (Å²) in [5.41, 5.74) is 6.72. The van der Waals surface area contributed by atoms with Gasteiger partial charge >= 0.3 is 0 Å². The van der Waals surface area contributed by atoms with E-state index >= 15 is 0 Å². The van der Waals surface area contributed by atoms with E-state index in [0.717, 1.165) is 19.5 Å². The van der Waals surface area contributed by atoms with Crippen LogP contribution in [0.3, 0.4) is 0 Å². The number of hydrogen-bond acceptors (Lipinski definition) is 3. The molecule has 0 amide bonds. The average Bonchev–Trinajstić information content (AvgIpc) is 2.16. The molecule has 0 fully saturated rings. The van der Waals surface area contributed by atoms with Gasteiger partial charge < -0.3 is 16.2 Å². The molecule has 4 N–H and O–H groups in total. The number of hydrogen-bond donors (Lipinski definition) is 3. The maximum absolute atomic E-state index is 8.36. The maximum atomic E-state index is 8.36. The summed E-state index contributed by atoms with van der Waals surface area (Å²) < 4.78 is 0. The highest BCUT2D eigenvalue weighted by Crippen LogP contribution is 1.85. The van der Waals surface area contributed by atoms with Crippen molar-refractivity contribution in [3.05, 3.63) is 12.2 Å². The van der Waals surface area contributed by atoms with E-state index in [1.54, 1.807) is 0 Å². The Morgan fingerprint density at radius 3 is 2.27 bits per heavy atom. The highest BCUT2D eigenvalue weighted by Gasteiger charge is 1.91. The van der Waals surface area contributed by atoms with Crippen LogP contribution >= 0.6 is 0 Å². The second kappa shape index (κ2) is 18.8. The molecule has 0 aliphatic carbocycles.